The van der Waals surface area contributed by atoms with Gasteiger partial charge in [0.15, 0.2) is 0 Å². The van der Waals surface area contributed by atoms with Gasteiger partial charge in [-0.2, -0.15) is 0 Å². The van der Waals surface area contributed by atoms with Crippen molar-refractivity contribution in [2.75, 3.05) is 10.2 Å². The Kier molecular flexibility index (Phi) is 6.44. The monoisotopic (exact) mass is 442 g/mol. The molecule has 1 aliphatic heterocycles. The molecule has 4 rings (SSSR count). The Morgan fingerprint density at radius 3 is 2.30 bits per heavy atom. The summed E-state index contributed by atoms with van der Waals surface area (Å²) in [4.78, 5) is 39.7. The minimum Gasteiger partial charge on any atom is -0.326 e. The molecule has 3 amide bonds. The van der Waals surface area contributed by atoms with Gasteiger partial charge in [0.05, 0.1) is 10.9 Å². The molecule has 7 heteroatoms. The summed E-state index contributed by atoms with van der Waals surface area (Å²) >= 11 is 7.27. The quantitative estimate of drug-likeness (QED) is 0.639. The average molecular weight is 443 g/mol. The van der Waals surface area contributed by atoms with Crippen LogP contribution in [0.25, 0.3) is 0 Å². The van der Waals surface area contributed by atoms with Crippen LogP contribution in [0.5, 0.6) is 0 Å². The highest BCUT2D eigenvalue weighted by Crippen LogP contribution is 2.35. The molecule has 0 aromatic heterocycles. The number of halogens is 1. The van der Waals surface area contributed by atoms with Crippen LogP contribution < -0.4 is 10.2 Å². The minimum absolute atomic E-state index is 0.0882. The summed E-state index contributed by atoms with van der Waals surface area (Å²) in [5.41, 5.74) is 1.30. The number of hydrogen-bond acceptors (Lipinski definition) is 4. The zero-order chi connectivity index (χ0) is 21.1. The lowest BCUT2D eigenvalue weighted by Crippen LogP contribution is -2.31. The van der Waals surface area contributed by atoms with Gasteiger partial charge < -0.3 is 5.32 Å². The van der Waals surface area contributed by atoms with E-state index in [1.165, 1.54) is 23.1 Å². The van der Waals surface area contributed by atoms with Crippen LogP contribution in [0.4, 0.5) is 11.4 Å². The summed E-state index contributed by atoms with van der Waals surface area (Å²) in [6, 6.07) is 14.1. The van der Waals surface area contributed by atoms with Crippen molar-refractivity contribution in [1.29, 1.82) is 0 Å². The number of carbonyl (C=O) groups excluding carboxylic acids is 3. The maximum Gasteiger partial charge on any atom is 0.247 e. The molecule has 1 atom stereocenters. The predicted molar refractivity (Wildman–Crippen MR) is 120 cm³/mol. The normalized spacial score (nSPS) is 19.9. The van der Waals surface area contributed by atoms with Gasteiger partial charge >= 0.3 is 0 Å². The Hall–Kier alpha value is -2.31. The highest BCUT2D eigenvalue weighted by Gasteiger charge is 2.40. The number of carbonyl (C=O) groups is 3. The van der Waals surface area contributed by atoms with Crippen LogP contribution in [0, 0.1) is 5.92 Å². The molecule has 1 heterocycles. The zero-order valence-electron chi connectivity index (χ0n) is 16.5. The van der Waals surface area contributed by atoms with Gasteiger partial charge in [0.2, 0.25) is 17.7 Å². The van der Waals surface area contributed by atoms with E-state index in [-0.39, 0.29) is 30.1 Å². The Labute approximate surface area is 185 Å². The van der Waals surface area contributed by atoms with Crippen molar-refractivity contribution >= 4 is 52.5 Å². The molecule has 0 bridgehead atoms. The highest BCUT2D eigenvalue weighted by molar-refractivity contribution is 8.00. The Bertz CT molecular complexity index is 940. The van der Waals surface area contributed by atoms with Crippen molar-refractivity contribution < 1.29 is 14.4 Å². The van der Waals surface area contributed by atoms with E-state index in [1.807, 2.05) is 24.3 Å². The van der Waals surface area contributed by atoms with E-state index in [0.717, 1.165) is 36.3 Å². The second-order valence-corrected chi connectivity index (χ2v) is 9.42. The Morgan fingerprint density at radius 1 is 0.967 bits per heavy atom. The average Bonchev–Trinajstić information content (AvgIpc) is 3.04. The highest BCUT2D eigenvalue weighted by atomic mass is 35.5. The van der Waals surface area contributed by atoms with Gasteiger partial charge in [-0.05, 0) is 61.4 Å². The molecule has 0 radical (unpaired) electrons. The first kappa shape index (κ1) is 20.9. The van der Waals surface area contributed by atoms with Gasteiger partial charge in [0.1, 0.15) is 0 Å². The maximum absolute atomic E-state index is 12.8. The summed E-state index contributed by atoms with van der Waals surface area (Å²) in [5, 5.41) is 3.09. The molecule has 156 valence electrons. The van der Waals surface area contributed by atoms with E-state index in [9.17, 15) is 14.4 Å². The summed E-state index contributed by atoms with van der Waals surface area (Å²) in [6.45, 7) is 0. The summed E-state index contributed by atoms with van der Waals surface area (Å²) in [6.07, 6.45) is 5.53. The SMILES string of the molecule is O=C(Nc1ccc(SC2CC(=O)N(c3ccc(Cl)cc3)C2=O)cc1)C1CCCCC1. The van der Waals surface area contributed by atoms with Gasteiger partial charge in [0.25, 0.3) is 0 Å². The molecule has 5 nitrogen and oxygen atoms in total. The summed E-state index contributed by atoms with van der Waals surface area (Å²) in [7, 11) is 0. The van der Waals surface area contributed by atoms with Crippen LogP contribution in [-0.2, 0) is 14.4 Å². The minimum atomic E-state index is -0.462. The number of imide groups is 1. The van der Waals surface area contributed by atoms with Crippen molar-refractivity contribution in [1.82, 2.24) is 0 Å². The molecule has 1 unspecified atom stereocenters. The fraction of sp³-hybridized carbons (Fsp3) is 0.348. The van der Waals surface area contributed by atoms with E-state index >= 15 is 0 Å². The Morgan fingerprint density at radius 2 is 1.63 bits per heavy atom. The first-order valence-electron chi connectivity index (χ1n) is 10.2. The molecule has 2 aliphatic rings. The lowest BCUT2D eigenvalue weighted by molar-refractivity contribution is -0.122. The van der Waals surface area contributed by atoms with Gasteiger partial charge in [-0.15, -0.1) is 11.8 Å². The number of hydrogen-bond donors (Lipinski definition) is 1. The second kappa shape index (κ2) is 9.23. The molecule has 1 saturated heterocycles. The lowest BCUT2D eigenvalue weighted by Gasteiger charge is -2.20. The number of nitrogens with one attached hydrogen (secondary N) is 1. The molecule has 30 heavy (non-hydrogen) atoms. The molecule has 2 fully saturated rings. The fourth-order valence-electron chi connectivity index (χ4n) is 3.95. The molecule has 1 aliphatic carbocycles. The predicted octanol–water partition coefficient (Wildman–Crippen LogP) is 5.28. The van der Waals surface area contributed by atoms with Crippen molar-refractivity contribution in [2.45, 2.75) is 48.7 Å². The van der Waals surface area contributed by atoms with Crippen LogP contribution in [0.2, 0.25) is 5.02 Å². The van der Waals surface area contributed by atoms with Crippen LogP contribution >= 0.6 is 23.4 Å². The topological polar surface area (TPSA) is 66.5 Å². The van der Waals surface area contributed by atoms with Gasteiger partial charge in [-0.1, -0.05) is 30.9 Å². The van der Waals surface area contributed by atoms with Gasteiger partial charge in [-0.3, -0.25) is 14.4 Å². The number of amides is 3. The first-order chi connectivity index (χ1) is 14.5. The molecule has 1 saturated carbocycles. The number of anilines is 2. The number of nitrogens with zero attached hydrogens (tertiary/aromatic N) is 1. The van der Waals surface area contributed by atoms with Crippen LogP contribution in [0.3, 0.4) is 0 Å². The van der Waals surface area contributed by atoms with E-state index in [0.29, 0.717) is 10.7 Å². The van der Waals surface area contributed by atoms with Crippen molar-refractivity contribution in [3.05, 3.63) is 53.6 Å². The fourth-order valence-corrected chi connectivity index (χ4v) is 5.13. The van der Waals surface area contributed by atoms with Crippen LogP contribution in [0.15, 0.2) is 53.4 Å². The van der Waals surface area contributed by atoms with Gasteiger partial charge in [0, 0.05) is 27.9 Å². The lowest BCUT2D eigenvalue weighted by atomic mass is 9.88. The van der Waals surface area contributed by atoms with Crippen molar-refractivity contribution in [3.63, 3.8) is 0 Å². The Balaban J connectivity index is 1.37. The number of rotatable bonds is 5. The van der Waals surface area contributed by atoms with E-state index in [4.69, 9.17) is 11.6 Å². The summed E-state index contributed by atoms with van der Waals surface area (Å²) < 4.78 is 0. The van der Waals surface area contributed by atoms with E-state index < -0.39 is 5.25 Å². The molecule has 1 N–H and O–H groups in total. The zero-order valence-corrected chi connectivity index (χ0v) is 18.0. The smallest absolute Gasteiger partial charge is 0.247 e. The third kappa shape index (κ3) is 4.71. The second-order valence-electron chi connectivity index (χ2n) is 7.70. The largest absolute Gasteiger partial charge is 0.326 e. The molecule has 2 aromatic carbocycles. The van der Waals surface area contributed by atoms with E-state index in [2.05, 4.69) is 5.32 Å². The maximum atomic E-state index is 12.8. The standard InChI is InChI=1S/C23H23ClN2O3S/c24-16-6-10-18(11-7-16)26-21(27)14-20(23(26)29)30-19-12-8-17(9-13-19)25-22(28)15-4-2-1-3-5-15/h6-13,15,20H,1-5,14H2,(H,25,28). The first-order valence-corrected chi connectivity index (χ1v) is 11.5. The molecule has 2 aromatic rings. The third-order valence-electron chi connectivity index (χ3n) is 5.57. The van der Waals surface area contributed by atoms with Crippen LogP contribution in [-0.4, -0.2) is 23.0 Å². The van der Waals surface area contributed by atoms with Crippen LogP contribution in [0.1, 0.15) is 38.5 Å². The number of benzene rings is 2. The molecular formula is C23H23ClN2O3S. The molecule has 0 spiro atoms. The van der Waals surface area contributed by atoms with Crippen molar-refractivity contribution in [2.24, 2.45) is 5.92 Å². The molecular weight excluding hydrogens is 420 g/mol. The summed E-state index contributed by atoms with van der Waals surface area (Å²) in [5.74, 6) is -0.239. The van der Waals surface area contributed by atoms with Crippen molar-refractivity contribution in [3.8, 4) is 0 Å². The van der Waals surface area contributed by atoms with Gasteiger partial charge in [-0.25, -0.2) is 4.90 Å². The van der Waals surface area contributed by atoms with E-state index in [1.54, 1.807) is 24.3 Å². The third-order valence-corrected chi connectivity index (χ3v) is 7.02. The number of thioether (sulfide) groups is 1.